The predicted molar refractivity (Wildman–Crippen MR) is 111 cm³/mol. The molecule has 1 aliphatic rings. The molecule has 0 bridgehead atoms. The van der Waals surface area contributed by atoms with E-state index in [-0.39, 0.29) is 5.84 Å². The summed E-state index contributed by atoms with van der Waals surface area (Å²) in [7, 11) is 0. The van der Waals surface area contributed by atoms with Gasteiger partial charge < -0.3 is 5.32 Å². The zero-order chi connectivity index (χ0) is 23.0. The molecule has 2 aromatic rings. The molecule has 1 N–H and O–H groups in total. The first-order chi connectivity index (χ1) is 14.4. The molecule has 1 aliphatic heterocycles. The number of carbonyl (C=O) groups is 2. The Kier molecular flexibility index (Phi) is 5.69. The van der Waals surface area contributed by atoms with Crippen LogP contribution in [-0.4, -0.2) is 34.4 Å². The molecule has 2 unspecified atom stereocenters. The molecule has 0 aromatic heterocycles. The molecule has 3 rings (SSSR count). The fraction of sp³-hybridized carbons (Fsp3) is 0.348. The lowest BCUT2D eigenvalue weighted by Crippen LogP contribution is -2.65. The van der Waals surface area contributed by atoms with Gasteiger partial charge in [-0.2, -0.15) is 13.2 Å². The van der Waals surface area contributed by atoms with Crippen LogP contribution >= 0.6 is 0 Å². The van der Waals surface area contributed by atoms with Crippen LogP contribution in [0.4, 0.5) is 13.2 Å². The number of nitrogens with one attached hydrogen (secondary N) is 1. The summed E-state index contributed by atoms with van der Waals surface area (Å²) in [6, 6.07) is 16.1. The summed E-state index contributed by atoms with van der Waals surface area (Å²) in [5, 5.41) is 1.92. The van der Waals surface area contributed by atoms with E-state index < -0.39 is 35.1 Å². The lowest BCUT2D eigenvalue weighted by molar-refractivity contribution is -0.201. The summed E-state index contributed by atoms with van der Waals surface area (Å²) < 4.78 is 43.1. The van der Waals surface area contributed by atoms with Gasteiger partial charge in [0.25, 0.3) is 5.91 Å². The van der Waals surface area contributed by atoms with Gasteiger partial charge in [-0.1, -0.05) is 81.4 Å². The van der Waals surface area contributed by atoms with Crippen molar-refractivity contribution in [3.8, 4) is 0 Å². The smallest absolute Gasteiger partial charge is 0.316 e. The Morgan fingerprint density at radius 2 is 1.52 bits per heavy atom. The molecule has 0 saturated heterocycles. The van der Waals surface area contributed by atoms with Crippen molar-refractivity contribution < 1.29 is 22.8 Å². The van der Waals surface area contributed by atoms with E-state index in [9.17, 15) is 22.8 Å². The molecule has 5 nitrogen and oxygen atoms in total. The van der Waals surface area contributed by atoms with E-state index in [1.165, 1.54) is 20.8 Å². The summed E-state index contributed by atoms with van der Waals surface area (Å²) in [4.78, 5) is 30.8. The molecule has 8 heteroatoms. The van der Waals surface area contributed by atoms with Gasteiger partial charge in [-0.05, 0) is 12.5 Å². The Balaban J connectivity index is 2.20. The second-order valence-electron chi connectivity index (χ2n) is 8.48. The van der Waals surface area contributed by atoms with Crippen molar-refractivity contribution in [2.75, 3.05) is 0 Å². The Morgan fingerprint density at radius 1 is 1.00 bits per heavy atom. The van der Waals surface area contributed by atoms with E-state index in [1.807, 2.05) is 5.32 Å². The summed E-state index contributed by atoms with van der Waals surface area (Å²) in [6.07, 6.45) is -5.14. The van der Waals surface area contributed by atoms with Crippen LogP contribution in [0.15, 0.2) is 65.7 Å². The van der Waals surface area contributed by atoms with E-state index >= 15 is 0 Å². The number of amides is 2. The molecular weight excluding hydrogens is 407 g/mol. The van der Waals surface area contributed by atoms with Crippen molar-refractivity contribution in [2.45, 2.75) is 45.6 Å². The fourth-order valence-electron chi connectivity index (χ4n) is 3.25. The van der Waals surface area contributed by atoms with Crippen LogP contribution in [0.2, 0.25) is 0 Å². The van der Waals surface area contributed by atoms with Crippen molar-refractivity contribution in [3.05, 3.63) is 71.8 Å². The predicted octanol–water partition coefficient (Wildman–Crippen LogP) is 4.46. The number of aliphatic imine (C=N–C) groups is 1. The molecule has 1 heterocycles. The summed E-state index contributed by atoms with van der Waals surface area (Å²) in [6.45, 7) is 6.04. The number of halogens is 3. The third-order valence-corrected chi connectivity index (χ3v) is 5.12. The van der Waals surface area contributed by atoms with Gasteiger partial charge in [-0.25, -0.2) is 4.99 Å². The van der Waals surface area contributed by atoms with Crippen LogP contribution in [0.3, 0.4) is 0 Å². The van der Waals surface area contributed by atoms with Gasteiger partial charge in [0.15, 0.2) is 0 Å². The molecule has 0 spiro atoms. The van der Waals surface area contributed by atoms with Crippen LogP contribution in [-0.2, 0) is 9.59 Å². The molecule has 0 aliphatic carbocycles. The minimum Gasteiger partial charge on any atom is -0.316 e. The van der Waals surface area contributed by atoms with Gasteiger partial charge in [-0.3, -0.25) is 14.5 Å². The standard InChI is InChI=1S/C23H24F3N3O2/c1-15(16-11-7-5-8-12-16)29-18(17-13-9-6-10-14-17)27-22(20(29)31,23(24,25)26)28-19(30)21(2,3)4/h5-15H,1-4H3,(H,28,30). The number of rotatable bonds is 4. The van der Waals surface area contributed by atoms with E-state index in [4.69, 9.17) is 0 Å². The first-order valence-electron chi connectivity index (χ1n) is 9.82. The SMILES string of the molecule is CC(c1ccccc1)N1C(=O)C(NC(=O)C(C)(C)C)(C(F)(F)F)N=C1c1ccccc1. The largest absolute Gasteiger partial charge is 0.442 e. The Morgan fingerprint density at radius 3 is 2.00 bits per heavy atom. The molecule has 2 aromatic carbocycles. The van der Waals surface area contributed by atoms with Crippen LogP contribution in [0.25, 0.3) is 0 Å². The average molecular weight is 431 g/mol. The van der Waals surface area contributed by atoms with Gasteiger partial charge in [0.1, 0.15) is 5.84 Å². The third kappa shape index (κ3) is 4.06. The van der Waals surface area contributed by atoms with Crippen molar-refractivity contribution in [3.63, 3.8) is 0 Å². The highest BCUT2D eigenvalue weighted by Gasteiger charge is 2.68. The van der Waals surface area contributed by atoms with Crippen LogP contribution in [0, 0.1) is 5.41 Å². The molecule has 31 heavy (non-hydrogen) atoms. The van der Waals surface area contributed by atoms with Gasteiger partial charge in [-0.15, -0.1) is 0 Å². The number of alkyl halides is 3. The summed E-state index contributed by atoms with van der Waals surface area (Å²) >= 11 is 0. The highest BCUT2D eigenvalue weighted by molar-refractivity contribution is 6.16. The molecule has 164 valence electrons. The van der Waals surface area contributed by atoms with E-state index in [2.05, 4.69) is 4.99 Å². The van der Waals surface area contributed by atoms with E-state index in [0.717, 1.165) is 4.90 Å². The highest BCUT2D eigenvalue weighted by Crippen LogP contribution is 2.41. The zero-order valence-corrected chi connectivity index (χ0v) is 17.7. The van der Waals surface area contributed by atoms with Crippen molar-refractivity contribution in [1.82, 2.24) is 10.2 Å². The number of hydrogen-bond donors (Lipinski definition) is 1. The van der Waals surface area contributed by atoms with Crippen LogP contribution < -0.4 is 5.32 Å². The number of hydrogen-bond acceptors (Lipinski definition) is 3. The third-order valence-electron chi connectivity index (χ3n) is 5.12. The maximum atomic E-state index is 14.4. The topological polar surface area (TPSA) is 61.8 Å². The van der Waals surface area contributed by atoms with Crippen molar-refractivity contribution in [2.24, 2.45) is 10.4 Å². The lowest BCUT2D eigenvalue weighted by atomic mass is 9.94. The van der Waals surface area contributed by atoms with Crippen molar-refractivity contribution >= 4 is 17.6 Å². The van der Waals surface area contributed by atoms with Gasteiger partial charge >= 0.3 is 11.8 Å². The Bertz CT molecular complexity index is 998. The van der Waals surface area contributed by atoms with Gasteiger partial charge in [0.05, 0.1) is 6.04 Å². The number of amidine groups is 1. The van der Waals surface area contributed by atoms with Gasteiger partial charge in [0.2, 0.25) is 5.91 Å². The number of benzene rings is 2. The second-order valence-corrected chi connectivity index (χ2v) is 8.48. The average Bonchev–Trinajstić information content (AvgIpc) is 3.01. The normalized spacial score (nSPS) is 20.4. The quantitative estimate of drug-likeness (QED) is 0.777. The molecule has 0 radical (unpaired) electrons. The van der Waals surface area contributed by atoms with E-state index in [1.54, 1.807) is 67.6 Å². The maximum Gasteiger partial charge on any atom is 0.442 e. The number of nitrogens with zero attached hydrogens (tertiary/aromatic N) is 2. The summed E-state index contributed by atoms with van der Waals surface area (Å²) in [5.41, 5.74) is -3.57. The number of carbonyl (C=O) groups excluding carboxylic acids is 2. The monoisotopic (exact) mass is 431 g/mol. The molecule has 0 fully saturated rings. The minimum atomic E-state index is -5.14. The molecule has 2 amide bonds. The molecular formula is C23H24F3N3O2. The van der Waals surface area contributed by atoms with E-state index in [0.29, 0.717) is 11.1 Å². The Labute approximate surface area is 179 Å². The second kappa shape index (κ2) is 7.83. The van der Waals surface area contributed by atoms with Crippen LogP contribution in [0.5, 0.6) is 0 Å². The maximum absolute atomic E-state index is 14.4. The molecule has 0 saturated carbocycles. The van der Waals surface area contributed by atoms with Crippen LogP contribution in [0.1, 0.15) is 44.9 Å². The fourth-order valence-corrected chi connectivity index (χ4v) is 3.25. The van der Waals surface area contributed by atoms with Gasteiger partial charge in [0, 0.05) is 11.0 Å². The zero-order valence-electron chi connectivity index (χ0n) is 17.7. The highest BCUT2D eigenvalue weighted by atomic mass is 19.4. The summed E-state index contributed by atoms with van der Waals surface area (Å²) in [5.74, 6) is -2.41. The first kappa shape index (κ1) is 22.5. The lowest BCUT2D eigenvalue weighted by Gasteiger charge is -2.33. The first-order valence-corrected chi connectivity index (χ1v) is 9.82. The minimum absolute atomic E-state index is 0.145. The Hall–Kier alpha value is -3.16. The molecule has 2 atom stereocenters. The van der Waals surface area contributed by atoms with Crippen molar-refractivity contribution in [1.29, 1.82) is 0 Å².